The van der Waals surface area contributed by atoms with Gasteiger partial charge < -0.3 is 5.32 Å². The number of nitrogens with one attached hydrogen (secondary N) is 1. The van der Waals surface area contributed by atoms with Crippen molar-refractivity contribution in [2.45, 2.75) is 52.5 Å². The van der Waals surface area contributed by atoms with E-state index < -0.39 is 0 Å². The molecule has 3 heteroatoms. The van der Waals surface area contributed by atoms with Crippen LogP contribution in [0, 0.1) is 13.8 Å². The van der Waals surface area contributed by atoms with Gasteiger partial charge in [0.05, 0.1) is 10.7 Å². The lowest BCUT2D eigenvalue weighted by Crippen LogP contribution is -2.37. The SMILES string of the molecule is Cc1cccnc1-c1cc(C)c2c(c1Cl)C(C)CC(C)(C)N2. The van der Waals surface area contributed by atoms with Crippen molar-refractivity contribution in [1.29, 1.82) is 0 Å². The number of benzene rings is 1. The van der Waals surface area contributed by atoms with Crippen LogP contribution in [0.2, 0.25) is 5.02 Å². The third kappa shape index (κ3) is 2.50. The maximum absolute atomic E-state index is 6.81. The van der Waals surface area contributed by atoms with Crippen LogP contribution in [0.4, 0.5) is 5.69 Å². The van der Waals surface area contributed by atoms with Crippen molar-refractivity contribution in [2.24, 2.45) is 0 Å². The molecule has 0 saturated heterocycles. The summed E-state index contributed by atoms with van der Waals surface area (Å²) in [5.41, 5.74) is 6.95. The average Bonchev–Trinajstić information content (AvgIpc) is 2.42. The lowest BCUT2D eigenvalue weighted by atomic mass is 9.80. The van der Waals surface area contributed by atoms with E-state index in [1.807, 2.05) is 12.3 Å². The van der Waals surface area contributed by atoms with E-state index in [0.717, 1.165) is 28.3 Å². The van der Waals surface area contributed by atoms with Crippen molar-refractivity contribution in [3.05, 3.63) is 46.1 Å². The lowest BCUT2D eigenvalue weighted by molar-refractivity contribution is 0.454. The molecule has 0 saturated carbocycles. The second kappa shape index (κ2) is 5.27. The Labute approximate surface area is 137 Å². The molecule has 1 aliphatic rings. The molecule has 1 N–H and O–H groups in total. The highest BCUT2D eigenvalue weighted by molar-refractivity contribution is 6.34. The molecule has 116 valence electrons. The summed E-state index contributed by atoms with van der Waals surface area (Å²) in [5.74, 6) is 0.432. The fourth-order valence-corrected chi connectivity index (χ4v) is 4.07. The number of fused-ring (bicyclic) bond motifs is 1. The minimum absolute atomic E-state index is 0.100. The van der Waals surface area contributed by atoms with E-state index in [4.69, 9.17) is 11.6 Å². The second-order valence-electron chi connectivity index (χ2n) is 7.13. The minimum atomic E-state index is 0.100. The van der Waals surface area contributed by atoms with Crippen molar-refractivity contribution >= 4 is 17.3 Å². The first kappa shape index (κ1) is 15.4. The van der Waals surface area contributed by atoms with Crippen LogP contribution in [0.25, 0.3) is 11.3 Å². The number of rotatable bonds is 1. The Balaban J connectivity index is 2.24. The summed E-state index contributed by atoms with van der Waals surface area (Å²) < 4.78 is 0. The Bertz CT molecular complexity index is 734. The van der Waals surface area contributed by atoms with Gasteiger partial charge in [0.15, 0.2) is 0 Å². The van der Waals surface area contributed by atoms with E-state index in [0.29, 0.717) is 5.92 Å². The number of halogens is 1. The van der Waals surface area contributed by atoms with E-state index in [9.17, 15) is 0 Å². The van der Waals surface area contributed by atoms with E-state index in [2.05, 4.69) is 57.1 Å². The monoisotopic (exact) mass is 314 g/mol. The molecular formula is C19H23ClN2. The van der Waals surface area contributed by atoms with Gasteiger partial charge in [0.25, 0.3) is 0 Å². The molecule has 1 aliphatic heterocycles. The van der Waals surface area contributed by atoms with Crippen molar-refractivity contribution in [3.63, 3.8) is 0 Å². The van der Waals surface area contributed by atoms with Gasteiger partial charge in [-0.2, -0.15) is 0 Å². The van der Waals surface area contributed by atoms with Gasteiger partial charge in [-0.1, -0.05) is 24.6 Å². The normalized spacial score (nSPS) is 19.5. The van der Waals surface area contributed by atoms with Crippen molar-refractivity contribution in [1.82, 2.24) is 4.98 Å². The zero-order valence-corrected chi connectivity index (χ0v) is 14.7. The van der Waals surface area contributed by atoms with Gasteiger partial charge in [-0.25, -0.2) is 0 Å². The minimum Gasteiger partial charge on any atom is -0.380 e. The van der Waals surface area contributed by atoms with E-state index in [1.165, 1.54) is 16.8 Å². The van der Waals surface area contributed by atoms with Crippen LogP contribution in [0.1, 0.15) is 49.8 Å². The highest BCUT2D eigenvalue weighted by Crippen LogP contribution is 2.47. The van der Waals surface area contributed by atoms with Crippen molar-refractivity contribution in [2.75, 3.05) is 5.32 Å². The summed E-state index contributed by atoms with van der Waals surface area (Å²) in [5, 5.41) is 4.51. The lowest BCUT2D eigenvalue weighted by Gasteiger charge is -2.39. The van der Waals surface area contributed by atoms with E-state index in [-0.39, 0.29) is 5.54 Å². The molecule has 0 fully saturated rings. The number of nitrogens with zero attached hydrogens (tertiary/aromatic N) is 1. The predicted octanol–water partition coefficient (Wildman–Crippen LogP) is 5.72. The molecule has 2 nitrogen and oxygen atoms in total. The molecule has 1 atom stereocenters. The molecule has 3 rings (SSSR count). The number of hydrogen-bond acceptors (Lipinski definition) is 2. The number of aromatic nitrogens is 1. The third-order valence-corrected chi connectivity index (χ3v) is 4.94. The Kier molecular flexibility index (Phi) is 3.68. The summed E-state index contributed by atoms with van der Waals surface area (Å²) in [4.78, 5) is 4.55. The molecule has 0 radical (unpaired) electrons. The molecule has 0 aliphatic carbocycles. The first-order chi connectivity index (χ1) is 10.3. The number of anilines is 1. The molecular weight excluding hydrogens is 292 g/mol. The maximum atomic E-state index is 6.81. The molecule has 2 heterocycles. The first-order valence-electron chi connectivity index (χ1n) is 7.83. The number of pyridine rings is 1. The molecule has 0 spiro atoms. The number of aryl methyl sites for hydroxylation is 2. The summed E-state index contributed by atoms with van der Waals surface area (Å²) in [6.45, 7) is 11.0. The van der Waals surface area contributed by atoms with Crippen LogP contribution in [0.5, 0.6) is 0 Å². The van der Waals surface area contributed by atoms with Gasteiger partial charge in [0.1, 0.15) is 0 Å². The van der Waals surface area contributed by atoms with Crippen LogP contribution >= 0.6 is 11.6 Å². The van der Waals surface area contributed by atoms with E-state index in [1.54, 1.807) is 0 Å². The molecule has 22 heavy (non-hydrogen) atoms. The summed E-state index contributed by atoms with van der Waals surface area (Å²) in [6.07, 6.45) is 2.90. The number of hydrogen-bond donors (Lipinski definition) is 1. The predicted molar refractivity (Wildman–Crippen MR) is 94.9 cm³/mol. The summed E-state index contributed by atoms with van der Waals surface area (Å²) >= 11 is 6.81. The summed E-state index contributed by atoms with van der Waals surface area (Å²) in [7, 11) is 0. The fourth-order valence-electron chi connectivity index (χ4n) is 3.64. The molecule has 0 amide bonds. The van der Waals surface area contributed by atoms with Crippen molar-refractivity contribution < 1.29 is 0 Å². The average molecular weight is 315 g/mol. The van der Waals surface area contributed by atoms with Gasteiger partial charge >= 0.3 is 0 Å². The van der Waals surface area contributed by atoms with Gasteiger partial charge in [-0.05, 0) is 68.9 Å². The molecule has 1 aromatic carbocycles. The second-order valence-corrected chi connectivity index (χ2v) is 7.50. The molecule has 0 bridgehead atoms. The molecule has 2 aromatic rings. The Morgan fingerprint density at radius 1 is 1.27 bits per heavy atom. The molecule has 1 aromatic heterocycles. The quantitative estimate of drug-likeness (QED) is 0.728. The van der Waals surface area contributed by atoms with Gasteiger partial charge in [-0.3, -0.25) is 4.98 Å². The Hall–Kier alpha value is -1.54. The van der Waals surface area contributed by atoms with Crippen LogP contribution in [0.3, 0.4) is 0 Å². The van der Waals surface area contributed by atoms with Crippen LogP contribution in [-0.4, -0.2) is 10.5 Å². The standard InChI is InChI=1S/C19H23ClN2/c1-11-7-6-8-21-17(11)14-9-12(2)18-15(16(14)20)13(3)10-19(4,5)22-18/h6-9,13,22H,10H2,1-5H3. The molecule has 1 unspecified atom stereocenters. The van der Waals surface area contributed by atoms with Crippen LogP contribution in [0.15, 0.2) is 24.4 Å². The fraction of sp³-hybridized carbons (Fsp3) is 0.421. The smallest absolute Gasteiger partial charge is 0.0746 e. The van der Waals surface area contributed by atoms with Crippen LogP contribution in [-0.2, 0) is 0 Å². The van der Waals surface area contributed by atoms with E-state index >= 15 is 0 Å². The topological polar surface area (TPSA) is 24.9 Å². The Morgan fingerprint density at radius 3 is 2.68 bits per heavy atom. The highest BCUT2D eigenvalue weighted by atomic mass is 35.5. The Morgan fingerprint density at radius 2 is 2.00 bits per heavy atom. The zero-order chi connectivity index (χ0) is 16.1. The third-order valence-electron chi connectivity index (χ3n) is 4.53. The van der Waals surface area contributed by atoms with Gasteiger partial charge in [-0.15, -0.1) is 0 Å². The van der Waals surface area contributed by atoms with Gasteiger partial charge in [0.2, 0.25) is 0 Å². The largest absolute Gasteiger partial charge is 0.380 e. The highest BCUT2D eigenvalue weighted by Gasteiger charge is 2.33. The zero-order valence-electron chi connectivity index (χ0n) is 13.9. The van der Waals surface area contributed by atoms with Crippen LogP contribution < -0.4 is 5.32 Å². The summed E-state index contributed by atoms with van der Waals surface area (Å²) in [6, 6.07) is 6.21. The maximum Gasteiger partial charge on any atom is 0.0746 e. The first-order valence-corrected chi connectivity index (χ1v) is 8.21. The van der Waals surface area contributed by atoms with Gasteiger partial charge in [0, 0.05) is 23.0 Å². The van der Waals surface area contributed by atoms with Crippen molar-refractivity contribution in [3.8, 4) is 11.3 Å².